The Morgan fingerprint density at radius 3 is 2.16 bits per heavy atom. The number of benzene rings is 3. The summed E-state index contributed by atoms with van der Waals surface area (Å²) in [6.45, 7) is 5.22. The van der Waals surface area contributed by atoms with Crippen molar-refractivity contribution in [3.05, 3.63) is 112 Å². The van der Waals surface area contributed by atoms with E-state index in [0.29, 0.717) is 19.5 Å². The van der Waals surface area contributed by atoms with E-state index >= 15 is 0 Å². The molecule has 56 heavy (non-hydrogen) atoms. The smallest absolute Gasteiger partial charge is 0.490 e. The highest BCUT2D eigenvalue weighted by Crippen LogP contribution is 2.28. The van der Waals surface area contributed by atoms with Gasteiger partial charge < -0.3 is 25.0 Å². The number of piperidine rings is 2. The summed E-state index contributed by atoms with van der Waals surface area (Å²) in [7, 11) is 1.65. The molecule has 0 saturated carbocycles. The molecule has 3 aromatic carbocycles. The number of rotatable bonds is 14. The second-order valence-electron chi connectivity index (χ2n) is 14.6. The molecule has 0 bridgehead atoms. The minimum absolute atomic E-state index is 0.0911. The third kappa shape index (κ3) is 13.2. The third-order valence-corrected chi connectivity index (χ3v) is 11.6. The van der Waals surface area contributed by atoms with E-state index in [2.05, 4.69) is 58.1 Å². The maximum absolute atomic E-state index is 13.7. The molecule has 2 amide bonds. The van der Waals surface area contributed by atoms with Gasteiger partial charge in [0.05, 0.1) is 13.5 Å². The number of aliphatic carboxylic acids is 1. The van der Waals surface area contributed by atoms with Gasteiger partial charge in [0, 0.05) is 36.6 Å². The van der Waals surface area contributed by atoms with Crippen molar-refractivity contribution in [3.63, 3.8) is 0 Å². The van der Waals surface area contributed by atoms with Crippen LogP contribution in [0.1, 0.15) is 71.3 Å². The molecule has 0 radical (unpaired) electrons. The zero-order chi connectivity index (χ0) is 39.9. The molecule has 2 aliphatic rings. The molecule has 0 aliphatic carbocycles. The number of carboxylic acid groups (broad SMARTS) is 1. The van der Waals surface area contributed by atoms with Crippen LogP contribution in [0.4, 0.5) is 13.2 Å². The molecular weight excluding hydrogens is 740 g/mol. The number of thiophene rings is 1. The maximum atomic E-state index is 13.7. The first-order valence-corrected chi connectivity index (χ1v) is 20.3. The summed E-state index contributed by atoms with van der Waals surface area (Å²) in [5, 5.41) is 12.7. The normalized spacial score (nSPS) is 15.1. The molecular formula is C44H52F3N3O5S. The van der Waals surface area contributed by atoms with E-state index in [-0.39, 0.29) is 11.8 Å². The molecule has 8 nitrogen and oxygen atoms in total. The predicted octanol–water partition coefficient (Wildman–Crippen LogP) is 8.89. The van der Waals surface area contributed by atoms with E-state index in [0.717, 1.165) is 77.8 Å². The number of likely N-dealkylation sites (tertiary alicyclic amines) is 1. The van der Waals surface area contributed by atoms with Crippen LogP contribution in [0.3, 0.4) is 0 Å². The van der Waals surface area contributed by atoms with Crippen molar-refractivity contribution in [2.24, 2.45) is 11.8 Å². The standard InChI is InChI=1S/C42H51N3O3S.C2HF3O2/c1-48-39-14-4-9-34(28-39)29-41(46)45(25-20-40-15-6-26-49-40)31-35-10-3-11-36(27-35)37-12-5-13-38(30-37)42(47)44-23-18-33(19-24-44)8-2-7-32-16-21-43-22-17-32;3-2(4,5)1(6)7/h3-6,9-15,26-28,30,32-33,43H,2,7-8,16-25,29,31H2,1H3;(H,6,7). The Kier molecular flexibility index (Phi) is 15.9. The molecule has 2 saturated heterocycles. The van der Waals surface area contributed by atoms with Gasteiger partial charge in [0.1, 0.15) is 5.75 Å². The minimum Gasteiger partial charge on any atom is -0.497 e. The number of carboxylic acids is 1. The van der Waals surface area contributed by atoms with Crippen LogP contribution in [0.2, 0.25) is 0 Å². The molecule has 0 atom stereocenters. The summed E-state index contributed by atoms with van der Waals surface area (Å²) < 4.78 is 37.1. The van der Waals surface area contributed by atoms with E-state index < -0.39 is 12.1 Å². The van der Waals surface area contributed by atoms with Crippen LogP contribution >= 0.6 is 11.3 Å². The minimum atomic E-state index is -5.08. The molecule has 0 unspecified atom stereocenters. The zero-order valence-corrected chi connectivity index (χ0v) is 32.8. The average Bonchev–Trinajstić information content (AvgIpc) is 3.74. The molecule has 1 aromatic heterocycles. The Labute approximate surface area is 331 Å². The molecule has 2 aliphatic heterocycles. The van der Waals surface area contributed by atoms with Crippen LogP contribution < -0.4 is 10.1 Å². The molecule has 2 fully saturated rings. The lowest BCUT2D eigenvalue weighted by molar-refractivity contribution is -0.192. The number of carbonyl (C=O) groups excluding carboxylic acids is 2. The highest BCUT2D eigenvalue weighted by Gasteiger charge is 2.38. The predicted molar refractivity (Wildman–Crippen MR) is 214 cm³/mol. The largest absolute Gasteiger partial charge is 0.497 e. The van der Waals surface area contributed by atoms with Gasteiger partial charge in [-0.2, -0.15) is 13.2 Å². The lowest BCUT2D eigenvalue weighted by Gasteiger charge is -2.32. The van der Waals surface area contributed by atoms with Crippen LogP contribution in [-0.4, -0.2) is 78.7 Å². The second-order valence-corrected chi connectivity index (χ2v) is 15.6. The van der Waals surface area contributed by atoms with Gasteiger partial charge in [-0.15, -0.1) is 11.3 Å². The Morgan fingerprint density at radius 2 is 1.50 bits per heavy atom. The fraction of sp³-hybridized carbons (Fsp3) is 0.432. The highest BCUT2D eigenvalue weighted by atomic mass is 32.1. The summed E-state index contributed by atoms with van der Waals surface area (Å²) in [5.41, 5.74) is 4.84. The van der Waals surface area contributed by atoms with Crippen LogP contribution in [0, 0.1) is 11.8 Å². The summed E-state index contributed by atoms with van der Waals surface area (Å²) >= 11 is 1.73. The number of halogens is 3. The number of nitrogens with one attached hydrogen (secondary N) is 1. The Hall–Kier alpha value is -4.68. The van der Waals surface area contributed by atoms with Crippen LogP contribution in [-0.2, 0) is 29.0 Å². The van der Waals surface area contributed by atoms with Crippen molar-refractivity contribution >= 4 is 29.1 Å². The van der Waals surface area contributed by atoms with E-state index in [9.17, 15) is 22.8 Å². The number of hydrogen-bond acceptors (Lipinski definition) is 6. The zero-order valence-electron chi connectivity index (χ0n) is 31.9. The van der Waals surface area contributed by atoms with Crippen LogP contribution in [0.5, 0.6) is 5.75 Å². The fourth-order valence-electron chi connectivity index (χ4n) is 7.44. The first-order chi connectivity index (χ1) is 27.0. The number of hydrogen-bond donors (Lipinski definition) is 2. The van der Waals surface area contributed by atoms with E-state index in [4.69, 9.17) is 14.6 Å². The Morgan fingerprint density at radius 1 is 0.857 bits per heavy atom. The quantitative estimate of drug-likeness (QED) is 0.132. The van der Waals surface area contributed by atoms with Crippen molar-refractivity contribution in [3.8, 4) is 16.9 Å². The Bertz CT molecular complexity index is 1850. The number of ether oxygens (including phenoxy) is 1. The fourth-order valence-corrected chi connectivity index (χ4v) is 8.13. The van der Waals surface area contributed by atoms with E-state index in [1.54, 1.807) is 18.4 Å². The molecule has 6 rings (SSSR count). The number of methoxy groups -OCH3 is 1. The molecule has 2 N–H and O–H groups in total. The van der Waals surface area contributed by atoms with Gasteiger partial charge in [-0.25, -0.2) is 4.79 Å². The summed E-state index contributed by atoms with van der Waals surface area (Å²) in [6, 6.07) is 28.4. The van der Waals surface area contributed by atoms with Crippen molar-refractivity contribution < 1.29 is 37.4 Å². The van der Waals surface area contributed by atoms with Gasteiger partial charge in [-0.05, 0) is 121 Å². The molecule has 3 heterocycles. The van der Waals surface area contributed by atoms with Crippen LogP contribution in [0.15, 0.2) is 90.3 Å². The van der Waals surface area contributed by atoms with Gasteiger partial charge in [-0.3, -0.25) is 9.59 Å². The summed E-state index contributed by atoms with van der Waals surface area (Å²) in [4.78, 5) is 41.5. The third-order valence-electron chi connectivity index (χ3n) is 10.6. The van der Waals surface area contributed by atoms with Gasteiger partial charge in [0.2, 0.25) is 5.91 Å². The van der Waals surface area contributed by atoms with Gasteiger partial charge in [0.15, 0.2) is 0 Å². The van der Waals surface area contributed by atoms with Gasteiger partial charge in [0.25, 0.3) is 5.91 Å². The summed E-state index contributed by atoms with van der Waals surface area (Å²) in [6.07, 6.45) is 4.93. The number of carbonyl (C=O) groups is 3. The maximum Gasteiger partial charge on any atom is 0.490 e. The molecule has 4 aromatic rings. The second kappa shape index (κ2) is 21.0. The van der Waals surface area contributed by atoms with E-state index in [1.165, 1.54) is 50.1 Å². The van der Waals surface area contributed by atoms with Crippen molar-refractivity contribution in [1.29, 1.82) is 0 Å². The highest BCUT2D eigenvalue weighted by molar-refractivity contribution is 7.09. The topological polar surface area (TPSA) is 99.2 Å². The summed E-state index contributed by atoms with van der Waals surface area (Å²) in [5.74, 6) is -0.132. The van der Waals surface area contributed by atoms with Crippen molar-refractivity contribution in [1.82, 2.24) is 15.1 Å². The number of nitrogens with zero attached hydrogens (tertiary/aromatic N) is 2. The van der Waals surface area contributed by atoms with Gasteiger partial charge in [-0.1, -0.05) is 67.8 Å². The van der Waals surface area contributed by atoms with E-state index in [1.807, 2.05) is 47.4 Å². The lowest BCUT2D eigenvalue weighted by atomic mass is 9.87. The monoisotopic (exact) mass is 791 g/mol. The Balaban J connectivity index is 0.000000784. The average molecular weight is 792 g/mol. The molecule has 12 heteroatoms. The van der Waals surface area contributed by atoms with Gasteiger partial charge >= 0.3 is 12.1 Å². The van der Waals surface area contributed by atoms with Crippen molar-refractivity contribution in [2.45, 2.75) is 70.5 Å². The molecule has 300 valence electrons. The number of amides is 2. The SMILES string of the molecule is COc1cccc(CC(=O)N(CCc2cccs2)Cc2cccc(-c3cccc(C(=O)N4CCC(CCCC5CCNCC5)CC4)c3)c2)c1.O=C(O)C(F)(F)F. The lowest BCUT2D eigenvalue weighted by Crippen LogP contribution is -2.38. The first-order valence-electron chi connectivity index (χ1n) is 19.4. The van der Waals surface area contributed by atoms with Crippen LogP contribution in [0.25, 0.3) is 11.1 Å². The number of alkyl halides is 3. The molecule has 0 spiro atoms. The van der Waals surface area contributed by atoms with Crippen molar-refractivity contribution in [2.75, 3.05) is 39.8 Å². The first kappa shape index (κ1) is 42.5.